The third kappa shape index (κ3) is 3.70. The summed E-state index contributed by atoms with van der Waals surface area (Å²) in [7, 11) is 1.68. The number of rotatable bonds is 6. The van der Waals surface area contributed by atoms with Crippen LogP contribution in [0.1, 0.15) is 30.5 Å². The zero-order valence-corrected chi connectivity index (χ0v) is 12.5. The molecule has 1 amide bonds. The first kappa shape index (κ1) is 15.5. The van der Waals surface area contributed by atoms with E-state index in [1.807, 2.05) is 6.07 Å². The van der Waals surface area contributed by atoms with E-state index in [-0.39, 0.29) is 17.9 Å². The summed E-state index contributed by atoms with van der Waals surface area (Å²) in [6.45, 7) is 9.36. The van der Waals surface area contributed by atoms with Crippen LogP contribution in [0.5, 0.6) is 5.75 Å². The molecule has 0 saturated carbocycles. The van der Waals surface area contributed by atoms with Crippen molar-refractivity contribution in [1.29, 1.82) is 0 Å². The van der Waals surface area contributed by atoms with Crippen LogP contribution in [0.4, 0.5) is 0 Å². The number of carbonyl (C=O) groups excluding carboxylic acids is 1. The standard InChI is InChI=1S/C15H24N2O2/c1-10-11(2)13(19-5)7-6-12(10)15(3,4)9-17-8-14(16)18/h6-7,17H,8-9H2,1-5H3,(H2,16,18). The molecule has 1 rings (SSSR count). The summed E-state index contributed by atoms with van der Waals surface area (Å²) in [6, 6.07) is 4.08. The summed E-state index contributed by atoms with van der Waals surface area (Å²) in [5.74, 6) is 0.570. The average Bonchev–Trinajstić information content (AvgIpc) is 2.31. The molecule has 0 fully saturated rings. The Balaban J connectivity index is 2.94. The Morgan fingerprint density at radius 2 is 1.95 bits per heavy atom. The molecule has 0 unspecified atom stereocenters. The van der Waals surface area contributed by atoms with E-state index in [4.69, 9.17) is 10.5 Å². The van der Waals surface area contributed by atoms with Crippen molar-refractivity contribution in [2.24, 2.45) is 5.73 Å². The van der Waals surface area contributed by atoms with E-state index in [9.17, 15) is 4.79 Å². The Bertz CT molecular complexity index is 467. The summed E-state index contributed by atoms with van der Waals surface area (Å²) in [4.78, 5) is 10.8. The minimum Gasteiger partial charge on any atom is -0.496 e. The molecule has 106 valence electrons. The van der Waals surface area contributed by atoms with Gasteiger partial charge in [-0.15, -0.1) is 0 Å². The van der Waals surface area contributed by atoms with Crippen LogP contribution in [0.3, 0.4) is 0 Å². The van der Waals surface area contributed by atoms with Crippen molar-refractivity contribution in [3.05, 3.63) is 28.8 Å². The van der Waals surface area contributed by atoms with E-state index in [0.29, 0.717) is 6.54 Å². The van der Waals surface area contributed by atoms with Gasteiger partial charge in [0.2, 0.25) is 5.91 Å². The van der Waals surface area contributed by atoms with Crippen molar-refractivity contribution in [2.75, 3.05) is 20.2 Å². The molecule has 4 heteroatoms. The maximum Gasteiger partial charge on any atom is 0.231 e. The lowest BCUT2D eigenvalue weighted by atomic mass is 9.80. The van der Waals surface area contributed by atoms with Crippen LogP contribution in [0, 0.1) is 13.8 Å². The number of hydrogen-bond acceptors (Lipinski definition) is 3. The summed E-state index contributed by atoms with van der Waals surface area (Å²) in [6.07, 6.45) is 0. The predicted molar refractivity (Wildman–Crippen MR) is 77.6 cm³/mol. The van der Waals surface area contributed by atoms with Gasteiger partial charge in [0, 0.05) is 12.0 Å². The van der Waals surface area contributed by atoms with Gasteiger partial charge in [-0.2, -0.15) is 0 Å². The second kappa shape index (κ2) is 6.06. The molecule has 0 radical (unpaired) electrons. The number of carbonyl (C=O) groups is 1. The molecular weight excluding hydrogens is 240 g/mol. The second-order valence-corrected chi connectivity index (χ2v) is 5.52. The van der Waals surface area contributed by atoms with Crippen molar-refractivity contribution < 1.29 is 9.53 Å². The predicted octanol–water partition coefficient (Wildman–Crippen LogP) is 1.66. The normalized spacial score (nSPS) is 11.4. The lowest BCUT2D eigenvalue weighted by Gasteiger charge is -2.28. The van der Waals surface area contributed by atoms with Gasteiger partial charge in [-0.1, -0.05) is 19.9 Å². The first-order valence-corrected chi connectivity index (χ1v) is 6.43. The summed E-state index contributed by atoms with van der Waals surface area (Å²) >= 11 is 0. The third-order valence-electron chi connectivity index (χ3n) is 3.55. The minimum absolute atomic E-state index is 0.0729. The topological polar surface area (TPSA) is 64.3 Å². The SMILES string of the molecule is COc1ccc(C(C)(C)CNCC(N)=O)c(C)c1C. The highest BCUT2D eigenvalue weighted by Gasteiger charge is 2.23. The molecule has 0 aliphatic heterocycles. The zero-order valence-electron chi connectivity index (χ0n) is 12.5. The molecule has 0 aliphatic rings. The van der Waals surface area contributed by atoms with E-state index in [2.05, 4.69) is 39.1 Å². The van der Waals surface area contributed by atoms with Gasteiger partial charge in [-0.25, -0.2) is 0 Å². The number of benzene rings is 1. The van der Waals surface area contributed by atoms with Crippen LogP contribution in [0.25, 0.3) is 0 Å². The molecule has 0 atom stereocenters. The van der Waals surface area contributed by atoms with Crippen LogP contribution in [-0.2, 0) is 10.2 Å². The van der Waals surface area contributed by atoms with Crippen molar-refractivity contribution in [1.82, 2.24) is 5.32 Å². The summed E-state index contributed by atoms with van der Waals surface area (Å²) < 4.78 is 5.33. The molecule has 3 N–H and O–H groups in total. The van der Waals surface area contributed by atoms with Gasteiger partial charge in [-0.05, 0) is 36.6 Å². The maximum atomic E-state index is 10.8. The molecule has 0 spiro atoms. The second-order valence-electron chi connectivity index (χ2n) is 5.52. The Morgan fingerprint density at radius 1 is 1.32 bits per heavy atom. The van der Waals surface area contributed by atoms with E-state index >= 15 is 0 Å². The van der Waals surface area contributed by atoms with Crippen molar-refractivity contribution in [3.63, 3.8) is 0 Å². The molecule has 19 heavy (non-hydrogen) atoms. The van der Waals surface area contributed by atoms with Crippen LogP contribution < -0.4 is 15.8 Å². The van der Waals surface area contributed by atoms with E-state index in [1.165, 1.54) is 11.1 Å². The largest absolute Gasteiger partial charge is 0.496 e. The summed E-state index contributed by atoms with van der Waals surface area (Å²) in [5, 5.41) is 3.09. The number of amides is 1. The number of primary amides is 1. The fourth-order valence-electron chi connectivity index (χ4n) is 2.34. The Hall–Kier alpha value is -1.55. The van der Waals surface area contributed by atoms with Crippen LogP contribution in [0.15, 0.2) is 12.1 Å². The first-order chi connectivity index (χ1) is 8.79. The number of nitrogens with two attached hydrogens (primary N) is 1. The van der Waals surface area contributed by atoms with Gasteiger partial charge >= 0.3 is 0 Å². The fraction of sp³-hybridized carbons (Fsp3) is 0.533. The van der Waals surface area contributed by atoms with E-state index in [1.54, 1.807) is 7.11 Å². The molecule has 4 nitrogen and oxygen atoms in total. The van der Waals surface area contributed by atoms with Crippen molar-refractivity contribution in [2.45, 2.75) is 33.1 Å². The van der Waals surface area contributed by atoms with Crippen molar-refractivity contribution in [3.8, 4) is 5.75 Å². The third-order valence-corrected chi connectivity index (χ3v) is 3.55. The summed E-state index contributed by atoms with van der Waals surface area (Å²) in [5.41, 5.74) is 8.70. The van der Waals surface area contributed by atoms with Crippen molar-refractivity contribution >= 4 is 5.91 Å². The Morgan fingerprint density at radius 3 is 2.47 bits per heavy atom. The molecule has 0 heterocycles. The van der Waals surface area contributed by atoms with E-state index < -0.39 is 0 Å². The quantitative estimate of drug-likeness (QED) is 0.821. The van der Waals surface area contributed by atoms with Gasteiger partial charge in [0.25, 0.3) is 0 Å². The Labute approximate surface area is 115 Å². The van der Waals surface area contributed by atoms with Gasteiger partial charge in [0.15, 0.2) is 0 Å². The first-order valence-electron chi connectivity index (χ1n) is 6.43. The van der Waals surface area contributed by atoms with Crippen LogP contribution in [-0.4, -0.2) is 26.1 Å². The molecule has 0 bridgehead atoms. The highest BCUT2D eigenvalue weighted by atomic mass is 16.5. The monoisotopic (exact) mass is 264 g/mol. The zero-order chi connectivity index (χ0) is 14.6. The number of nitrogens with one attached hydrogen (secondary N) is 1. The fourth-order valence-corrected chi connectivity index (χ4v) is 2.34. The van der Waals surface area contributed by atoms with Crippen LogP contribution in [0.2, 0.25) is 0 Å². The lowest BCUT2D eigenvalue weighted by molar-refractivity contribution is -0.117. The number of hydrogen-bond donors (Lipinski definition) is 2. The van der Waals surface area contributed by atoms with Gasteiger partial charge in [-0.3, -0.25) is 4.79 Å². The Kier molecular flexibility index (Phi) is 4.95. The number of methoxy groups -OCH3 is 1. The molecule has 1 aromatic rings. The molecular formula is C15H24N2O2. The van der Waals surface area contributed by atoms with Crippen LogP contribution >= 0.6 is 0 Å². The highest BCUT2D eigenvalue weighted by molar-refractivity contribution is 5.75. The van der Waals surface area contributed by atoms with Gasteiger partial charge in [0.1, 0.15) is 5.75 Å². The number of ether oxygens (including phenoxy) is 1. The van der Waals surface area contributed by atoms with Gasteiger partial charge in [0.05, 0.1) is 13.7 Å². The molecule has 0 saturated heterocycles. The smallest absolute Gasteiger partial charge is 0.231 e. The molecule has 1 aromatic carbocycles. The van der Waals surface area contributed by atoms with Gasteiger partial charge < -0.3 is 15.8 Å². The maximum absolute atomic E-state index is 10.8. The lowest BCUT2D eigenvalue weighted by Crippen LogP contribution is -2.38. The molecule has 0 aromatic heterocycles. The highest BCUT2D eigenvalue weighted by Crippen LogP contribution is 2.31. The average molecular weight is 264 g/mol. The minimum atomic E-state index is -0.335. The molecule has 0 aliphatic carbocycles. The van der Waals surface area contributed by atoms with E-state index in [0.717, 1.165) is 11.3 Å².